The Labute approximate surface area is 229 Å². The first-order valence-electron chi connectivity index (χ1n) is 13.1. The van der Waals surface area contributed by atoms with Crippen molar-refractivity contribution in [2.75, 3.05) is 27.4 Å². The topological polar surface area (TPSA) is 73.2 Å². The number of para-hydroxylation sites is 2. The molecule has 5 rings (SSSR count). The molecule has 0 spiro atoms. The number of aliphatic hydroxyl groups excluding tert-OH is 1. The number of benzene rings is 3. The molecule has 7 heteroatoms. The highest BCUT2D eigenvalue weighted by Gasteiger charge is 2.44. The molecule has 1 fully saturated rings. The summed E-state index contributed by atoms with van der Waals surface area (Å²) in [6.07, 6.45) is 1.62. The van der Waals surface area contributed by atoms with E-state index in [4.69, 9.17) is 14.2 Å². The van der Waals surface area contributed by atoms with Crippen LogP contribution in [0.3, 0.4) is 0 Å². The molecule has 202 valence electrons. The van der Waals surface area contributed by atoms with Crippen molar-refractivity contribution in [1.29, 1.82) is 0 Å². The lowest BCUT2D eigenvalue weighted by Gasteiger charge is -2.39. The normalized spacial score (nSPS) is 17.3. The van der Waals surface area contributed by atoms with Crippen LogP contribution in [0, 0.1) is 0 Å². The Kier molecular flexibility index (Phi) is 7.72. The molecule has 7 nitrogen and oxygen atoms in total. The van der Waals surface area contributed by atoms with E-state index in [9.17, 15) is 9.90 Å². The SMILES string of the molecule is COc1ccccc1C(OCC1CC(O)CN1C(=O)c1cccn1C)(c1ccccc1)c1ccccc1OC. The summed E-state index contributed by atoms with van der Waals surface area (Å²) in [6.45, 7) is 0.428. The van der Waals surface area contributed by atoms with Gasteiger partial charge in [-0.15, -0.1) is 0 Å². The van der Waals surface area contributed by atoms with E-state index in [0.717, 1.165) is 16.7 Å². The maximum Gasteiger partial charge on any atom is 0.270 e. The van der Waals surface area contributed by atoms with E-state index in [1.165, 1.54) is 0 Å². The summed E-state index contributed by atoms with van der Waals surface area (Å²) in [5.41, 5.74) is 1.94. The molecule has 2 unspecified atom stereocenters. The van der Waals surface area contributed by atoms with Crippen molar-refractivity contribution in [2.45, 2.75) is 24.2 Å². The standard InChI is InChI=1S/C32H34N2O5/c1-33-19-11-16-28(33)31(36)34-21-25(35)20-24(34)22-39-32(23-12-5-4-6-13-23,26-14-7-9-17-29(26)37-2)27-15-8-10-18-30(27)38-3/h4-19,24-25,35H,20-22H2,1-3H3. The Morgan fingerprint density at radius 3 is 2.03 bits per heavy atom. The number of amides is 1. The summed E-state index contributed by atoms with van der Waals surface area (Å²) in [6, 6.07) is 28.8. The Balaban J connectivity index is 1.64. The van der Waals surface area contributed by atoms with Crippen LogP contribution in [0.5, 0.6) is 11.5 Å². The van der Waals surface area contributed by atoms with Crippen LogP contribution >= 0.6 is 0 Å². The molecule has 1 N–H and O–H groups in total. The molecule has 4 aromatic rings. The molecule has 1 aromatic heterocycles. The van der Waals surface area contributed by atoms with Gasteiger partial charge in [-0.05, 0) is 36.2 Å². The molecule has 0 aliphatic carbocycles. The zero-order valence-electron chi connectivity index (χ0n) is 22.5. The number of methoxy groups -OCH3 is 2. The Bertz CT molecular complexity index is 1370. The van der Waals surface area contributed by atoms with E-state index in [1.807, 2.05) is 98.2 Å². The molecule has 1 amide bonds. The lowest BCUT2D eigenvalue weighted by Crippen LogP contribution is -2.43. The van der Waals surface area contributed by atoms with E-state index in [1.54, 1.807) is 29.8 Å². The average Bonchev–Trinajstić information content (AvgIpc) is 3.58. The van der Waals surface area contributed by atoms with E-state index < -0.39 is 11.7 Å². The third kappa shape index (κ3) is 4.91. The summed E-state index contributed by atoms with van der Waals surface area (Å²) >= 11 is 0. The van der Waals surface area contributed by atoms with Crippen molar-refractivity contribution in [2.24, 2.45) is 7.05 Å². The van der Waals surface area contributed by atoms with Crippen LogP contribution in [0.1, 0.15) is 33.6 Å². The van der Waals surface area contributed by atoms with Gasteiger partial charge in [0, 0.05) is 30.9 Å². The molecule has 0 radical (unpaired) electrons. The largest absolute Gasteiger partial charge is 0.496 e. The van der Waals surface area contributed by atoms with E-state index in [-0.39, 0.29) is 25.1 Å². The highest BCUT2D eigenvalue weighted by Crippen LogP contribution is 2.47. The van der Waals surface area contributed by atoms with Gasteiger partial charge in [-0.25, -0.2) is 0 Å². The number of carbonyl (C=O) groups excluding carboxylic acids is 1. The summed E-state index contributed by atoms with van der Waals surface area (Å²) in [5, 5.41) is 10.6. The monoisotopic (exact) mass is 526 g/mol. The van der Waals surface area contributed by atoms with Gasteiger partial charge in [0.2, 0.25) is 0 Å². The smallest absolute Gasteiger partial charge is 0.270 e. The van der Waals surface area contributed by atoms with Crippen LogP contribution in [0.15, 0.2) is 97.2 Å². The first-order chi connectivity index (χ1) is 19.0. The highest BCUT2D eigenvalue weighted by atomic mass is 16.5. The van der Waals surface area contributed by atoms with Crippen molar-refractivity contribution in [3.05, 3.63) is 120 Å². The summed E-state index contributed by atoms with van der Waals surface area (Å²) < 4.78 is 20.6. The van der Waals surface area contributed by atoms with Crippen molar-refractivity contribution in [3.8, 4) is 11.5 Å². The van der Waals surface area contributed by atoms with Crippen LogP contribution < -0.4 is 9.47 Å². The third-order valence-corrected chi connectivity index (χ3v) is 7.46. The first kappa shape index (κ1) is 26.5. The Morgan fingerprint density at radius 2 is 1.46 bits per heavy atom. The minimum Gasteiger partial charge on any atom is -0.496 e. The van der Waals surface area contributed by atoms with Gasteiger partial charge >= 0.3 is 0 Å². The number of aliphatic hydroxyl groups is 1. The van der Waals surface area contributed by atoms with Crippen molar-refractivity contribution in [3.63, 3.8) is 0 Å². The molecule has 0 bridgehead atoms. The van der Waals surface area contributed by atoms with Crippen LogP contribution in [0.4, 0.5) is 0 Å². The number of ether oxygens (including phenoxy) is 3. The molecule has 1 aliphatic rings. The molecule has 0 saturated carbocycles. The molecule has 1 saturated heterocycles. The van der Waals surface area contributed by atoms with Crippen molar-refractivity contribution >= 4 is 5.91 Å². The number of nitrogens with zero attached hydrogens (tertiary/aromatic N) is 2. The summed E-state index contributed by atoms with van der Waals surface area (Å²) in [4.78, 5) is 15.2. The zero-order valence-corrected chi connectivity index (χ0v) is 22.5. The van der Waals surface area contributed by atoms with Gasteiger partial charge in [0.1, 0.15) is 17.2 Å². The number of hydrogen-bond donors (Lipinski definition) is 1. The number of β-amino-alcohol motifs (C(OH)–C–C–N with tert-alkyl or cyclic N) is 1. The molecule has 2 heterocycles. The lowest BCUT2D eigenvalue weighted by molar-refractivity contribution is -0.0159. The van der Waals surface area contributed by atoms with Crippen molar-refractivity contribution < 1.29 is 24.1 Å². The van der Waals surface area contributed by atoms with Crippen LogP contribution in [-0.4, -0.2) is 60.0 Å². The maximum atomic E-state index is 13.5. The third-order valence-electron chi connectivity index (χ3n) is 7.46. The fourth-order valence-corrected chi connectivity index (χ4v) is 5.59. The molecule has 3 aromatic carbocycles. The van der Waals surface area contributed by atoms with E-state index >= 15 is 0 Å². The van der Waals surface area contributed by atoms with Gasteiger partial charge < -0.3 is 28.8 Å². The Hall–Kier alpha value is -4.07. The van der Waals surface area contributed by atoms with Crippen molar-refractivity contribution in [1.82, 2.24) is 9.47 Å². The van der Waals surface area contributed by atoms with Gasteiger partial charge in [-0.3, -0.25) is 4.79 Å². The summed E-state index contributed by atoms with van der Waals surface area (Å²) in [7, 11) is 5.13. The number of hydrogen-bond acceptors (Lipinski definition) is 5. The zero-order chi connectivity index (χ0) is 27.4. The lowest BCUT2D eigenvalue weighted by atomic mass is 9.79. The number of likely N-dealkylation sites (tertiary alicyclic amines) is 1. The quantitative estimate of drug-likeness (QED) is 0.322. The second-order valence-corrected chi connectivity index (χ2v) is 9.76. The number of rotatable bonds is 9. The van der Waals surface area contributed by atoms with Crippen LogP contribution in [0.2, 0.25) is 0 Å². The van der Waals surface area contributed by atoms with Crippen LogP contribution in [0.25, 0.3) is 0 Å². The Morgan fingerprint density at radius 1 is 0.872 bits per heavy atom. The molecular weight excluding hydrogens is 492 g/mol. The summed E-state index contributed by atoms with van der Waals surface area (Å²) in [5.74, 6) is 1.19. The molecule has 39 heavy (non-hydrogen) atoms. The number of carbonyl (C=O) groups is 1. The average molecular weight is 527 g/mol. The van der Waals surface area contributed by atoms with E-state index in [0.29, 0.717) is 23.6 Å². The molecular formula is C32H34N2O5. The van der Waals surface area contributed by atoms with Gasteiger partial charge in [0.15, 0.2) is 5.60 Å². The predicted octanol–water partition coefficient (Wildman–Crippen LogP) is 4.63. The van der Waals surface area contributed by atoms with Gasteiger partial charge in [-0.1, -0.05) is 66.7 Å². The number of aromatic nitrogens is 1. The predicted molar refractivity (Wildman–Crippen MR) is 149 cm³/mol. The van der Waals surface area contributed by atoms with Gasteiger partial charge in [0.25, 0.3) is 5.91 Å². The maximum absolute atomic E-state index is 13.5. The van der Waals surface area contributed by atoms with Gasteiger partial charge in [-0.2, -0.15) is 0 Å². The second kappa shape index (κ2) is 11.4. The van der Waals surface area contributed by atoms with Crippen LogP contribution in [-0.2, 0) is 17.4 Å². The minimum absolute atomic E-state index is 0.132. The fraction of sp³-hybridized carbons (Fsp3) is 0.281. The minimum atomic E-state index is -1.13. The highest BCUT2D eigenvalue weighted by molar-refractivity contribution is 5.93. The molecule has 1 aliphatic heterocycles. The fourth-order valence-electron chi connectivity index (χ4n) is 5.59. The van der Waals surface area contributed by atoms with E-state index in [2.05, 4.69) is 0 Å². The number of aryl methyl sites for hydroxylation is 1. The first-order valence-corrected chi connectivity index (χ1v) is 13.1. The van der Waals surface area contributed by atoms with Gasteiger partial charge in [0.05, 0.1) is 33.0 Å². The molecule has 2 atom stereocenters. The second-order valence-electron chi connectivity index (χ2n) is 9.76.